The molecule has 0 spiro atoms. The van der Waals surface area contributed by atoms with Crippen LogP contribution in [0, 0.1) is 0 Å². The van der Waals surface area contributed by atoms with E-state index in [0.717, 1.165) is 10.7 Å². The Labute approximate surface area is 114 Å². The van der Waals surface area contributed by atoms with E-state index in [1.165, 1.54) is 13.1 Å². The number of aliphatic hydroxyl groups is 1. The zero-order valence-electron chi connectivity index (χ0n) is 11.5. The summed E-state index contributed by atoms with van der Waals surface area (Å²) < 4.78 is 25.9. The first kappa shape index (κ1) is 15.9. The molecule has 1 aromatic rings. The lowest BCUT2D eigenvalue weighted by Gasteiger charge is -2.20. The highest BCUT2D eigenvalue weighted by atomic mass is 32.2. The molecule has 0 aliphatic carbocycles. The Morgan fingerprint density at radius 1 is 1.53 bits per heavy atom. The van der Waals surface area contributed by atoms with Gasteiger partial charge in [-0.2, -0.15) is 4.31 Å². The molecule has 7 heteroatoms. The van der Waals surface area contributed by atoms with Crippen LogP contribution in [0.1, 0.15) is 20.3 Å². The summed E-state index contributed by atoms with van der Waals surface area (Å²) in [5, 5.41) is 12.3. The van der Waals surface area contributed by atoms with E-state index < -0.39 is 16.1 Å². The molecule has 1 atom stereocenters. The van der Waals surface area contributed by atoms with Crippen LogP contribution in [-0.4, -0.2) is 49.1 Å². The van der Waals surface area contributed by atoms with Crippen LogP contribution < -0.4 is 5.32 Å². The van der Waals surface area contributed by atoms with Crippen molar-refractivity contribution in [2.75, 3.05) is 25.5 Å². The quantitative estimate of drug-likeness (QED) is 0.779. The lowest BCUT2D eigenvalue weighted by molar-refractivity contribution is 0.171. The number of aliphatic hydroxyl groups excluding tert-OH is 1. The number of rotatable bonds is 7. The number of likely N-dealkylation sites (N-methyl/N-ethyl adjacent to an activating group) is 1. The molecule has 0 amide bonds. The van der Waals surface area contributed by atoms with Gasteiger partial charge in [0.15, 0.2) is 0 Å². The van der Waals surface area contributed by atoms with Gasteiger partial charge in [0, 0.05) is 26.3 Å². The summed E-state index contributed by atoms with van der Waals surface area (Å²) >= 11 is 0. The van der Waals surface area contributed by atoms with Crippen LogP contribution in [-0.2, 0) is 10.0 Å². The molecular formula is C12H21N3O3S. The Balaban J connectivity index is 3.06. The second-order valence-corrected chi connectivity index (χ2v) is 6.42. The fourth-order valence-corrected chi connectivity index (χ4v) is 2.98. The van der Waals surface area contributed by atoms with Gasteiger partial charge in [-0.1, -0.05) is 6.92 Å². The summed E-state index contributed by atoms with van der Waals surface area (Å²) in [4.78, 5) is 4.20. The van der Waals surface area contributed by atoms with Gasteiger partial charge in [-0.15, -0.1) is 0 Å². The minimum atomic E-state index is -3.65. The van der Waals surface area contributed by atoms with Crippen molar-refractivity contribution in [2.45, 2.75) is 31.3 Å². The molecule has 1 rings (SSSR count). The minimum Gasteiger partial charge on any atom is -0.392 e. The maximum Gasteiger partial charge on any atom is 0.246 e. The van der Waals surface area contributed by atoms with Crippen LogP contribution in [0.5, 0.6) is 0 Å². The second kappa shape index (κ2) is 6.83. The predicted octanol–water partition coefficient (Wildman–Crippen LogP) is 0.905. The van der Waals surface area contributed by atoms with E-state index in [2.05, 4.69) is 10.3 Å². The molecular weight excluding hydrogens is 266 g/mol. The average Bonchev–Trinajstić information content (AvgIpc) is 2.35. The lowest BCUT2D eigenvalue weighted by Crippen LogP contribution is -2.33. The molecule has 108 valence electrons. The third-order valence-corrected chi connectivity index (χ3v) is 4.38. The van der Waals surface area contributed by atoms with E-state index in [1.807, 2.05) is 6.92 Å². The number of hydrogen-bond acceptors (Lipinski definition) is 5. The first-order valence-corrected chi connectivity index (χ1v) is 7.67. The molecule has 0 aliphatic heterocycles. The van der Waals surface area contributed by atoms with Gasteiger partial charge in [0.2, 0.25) is 10.0 Å². The van der Waals surface area contributed by atoms with Crippen molar-refractivity contribution in [3.8, 4) is 0 Å². The molecule has 0 aliphatic rings. The molecule has 1 aromatic heterocycles. The molecule has 6 nitrogen and oxygen atoms in total. The minimum absolute atomic E-state index is 0.0461. The van der Waals surface area contributed by atoms with E-state index in [9.17, 15) is 13.5 Å². The smallest absolute Gasteiger partial charge is 0.246 e. The molecule has 0 fully saturated rings. The van der Waals surface area contributed by atoms with E-state index >= 15 is 0 Å². The number of nitrogens with zero attached hydrogens (tertiary/aromatic N) is 2. The fraction of sp³-hybridized carbons (Fsp3) is 0.583. The monoisotopic (exact) mass is 287 g/mol. The highest BCUT2D eigenvalue weighted by Gasteiger charge is 2.25. The summed E-state index contributed by atoms with van der Waals surface area (Å²) in [7, 11) is -2.20. The summed E-state index contributed by atoms with van der Waals surface area (Å²) in [5.41, 5.74) is 0. The summed E-state index contributed by atoms with van der Waals surface area (Å²) in [5.74, 6) is 0.349. The van der Waals surface area contributed by atoms with Crippen LogP contribution >= 0.6 is 0 Å². The Morgan fingerprint density at radius 3 is 2.79 bits per heavy atom. The molecule has 0 radical (unpaired) electrons. The summed E-state index contributed by atoms with van der Waals surface area (Å²) in [6.07, 6.45) is 1.70. The zero-order chi connectivity index (χ0) is 14.5. The van der Waals surface area contributed by atoms with Crippen molar-refractivity contribution in [3.63, 3.8) is 0 Å². The van der Waals surface area contributed by atoms with Crippen molar-refractivity contribution in [2.24, 2.45) is 0 Å². The van der Waals surface area contributed by atoms with Gasteiger partial charge in [-0.05, 0) is 25.5 Å². The number of hydrogen-bond donors (Lipinski definition) is 2. The average molecular weight is 287 g/mol. The number of pyridine rings is 1. The SMILES string of the molecule is CCCNc1ncccc1S(=O)(=O)N(C)CC(C)O. The van der Waals surface area contributed by atoms with Gasteiger partial charge in [0.1, 0.15) is 10.7 Å². The predicted molar refractivity (Wildman–Crippen MR) is 74.5 cm³/mol. The zero-order valence-corrected chi connectivity index (χ0v) is 12.3. The van der Waals surface area contributed by atoms with E-state index in [-0.39, 0.29) is 11.4 Å². The van der Waals surface area contributed by atoms with Gasteiger partial charge < -0.3 is 10.4 Å². The summed E-state index contributed by atoms with van der Waals surface area (Å²) in [6, 6.07) is 3.10. The van der Waals surface area contributed by atoms with Gasteiger partial charge >= 0.3 is 0 Å². The second-order valence-electron chi connectivity index (χ2n) is 4.41. The highest BCUT2D eigenvalue weighted by molar-refractivity contribution is 7.89. The van der Waals surface area contributed by atoms with Crippen molar-refractivity contribution in [1.29, 1.82) is 0 Å². The molecule has 0 bridgehead atoms. The topological polar surface area (TPSA) is 82.5 Å². The van der Waals surface area contributed by atoms with Crippen LogP contribution in [0.25, 0.3) is 0 Å². The third-order valence-electron chi connectivity index (χ3n) is 2.52. The van der Waals surface area contributed by atoms with Crippen molar-refractivity contribution < 1.29 is 13.5 Å². The first-order chi connectivity index (χ1) is 8.89. The van der Waals surface area contributed by atoms with Crippen molar-refractivity contribution >= 4 is 15.8 Å². The molecule has 1 unspecified atom stereocenters. The van der Waals surface area contributed by atoms with Gasteiger partial charge in [-0.25, -0.2) is 13.4 Å². The van der Waals surface area contributed by atoms with Crippen molar-refractivity contribution in [3.05, 3.63) is 18.3 Å². The number of nitrogens with one attached hydrogen (secondary N) is 1. The standard InChI is InChI=1S/C12H21N3O3S/c1-4-7-13-12-11(6-5-8-14-12)19(17,18)15(3)9-10(2)16/h5-6,8,10,16H,4,7,9H2,1-3H3,(H,13,14). The van der Waals surface area contributed by atoms with Crippen molar-refractivity contribution in [1.82, 2.24) is 9.29 Å². The molecule has 1 heterocycles. The molecule has 2 N–H and O–H groups in total. The Bertz CT molecular complexity index is 503. The van der Waals surface area contributed by atoms with Crippen LogP contribution in [0.4, 0.5) is 5.82 Å². The van der Waals surface area contributed by atoms with Gasteiger partial charge in [0.05, 0.1) is 6.10 Å². The fourth-order valence-electron chi connectivity index (χ4n) is 1.61. The molecule has 19 heavy (non-hydrogen) atoms. The Hall–Kier alpha value is -1.18. The largest absolute Gasteiger partial charge is 0.392 e. The maximum atomic E-state index is 12.4. The molecule has 0 aromatic carbocycles. The number of aromatic nitrogens is 1. The van der Waals surface area contributed by atoms with Gasteiger partial charge in [0.25, 0.3) is 0 Å². The maximum absolute atomic E-state index is 12.4. The third kappa shape index (κ3) is 4.15. The normalized spacial score (nSPS) is 13.5. The van der Waals surface area contributed by atoms with E-state index in [0.29, 0.717) is 12.4 Å². The van der Waals surface area contributed by atoms with Crippen LogP contribution in [0.3, 0.4) is 0 Å². The van der Waals surface area contributed by atoms with Gasteiger partial charge in [-0.3, -0.25) is 0 Å². The Morgan fingerprint density at radius 2 is 2.21 bits per heavy atom. The Kier molecular flexibility index (Phi) is 5.71. The highest BCUT2D eigenvalue weighted by Crippen LogP contribution is 2.21. The van der Waals surface area contributed by atoms with Crippen LogP contribution in [0.2, 0.25) is 0 Å². The van der Waals surface area contributed by atoms with E-state index in [1.54, 1.807) is 19.2 Å². The first-order valence-electron chi connectivity index (χ1n) is 6.23. The number of sulfonamides is 1. The summed E-state index contributed by atoms with van der Waals surface area (Å²) in [6.45, 7) is 4.24. The van der Waals surface area contributed by atoms with E-state index in [4.69, 9.17) is 0 Å². The number of anilines is 1. The molecule has 0 saturated carbocycles. The lowest BCUT2D eigenvalue weighted by atomic mass is 10.4. The van der Waals surface area contributed by atoms with Crippen LogP contribution in [0.15, 0.2) is 23.2 Å². The molecule has 0 saturated heterocycles.